The van der Waals surface area contributed by atoms with Crippen LogP contribution in [0.15, 0.2) is 28.7 Å². The van der Waals surface area contributed by atoms with Gasteiger partial charge in [0.25, 0.3) is 0 Å². The molecule has 1 aliphatic heterocycles. The summed E-state index contributed by atoms with van der Waals surface area (Å²) in [5, 5.41) is 9.36. The summed E-state index contributed by atoms with van der Waals surface area (Å²) in [6, 6.07) is 7.50. The van der Waals surface area contributed by atoms with Gasteiger partial charge in [-0.25, -0.2) is 0 Å². The van der Waals surface area contributed by atoms with Crippen molar-refractivity contribution in [3.8, 4) is 0 Å². The third kappa shape index (κ3) is 3.56. The van der Waals surface area contributed by atoms with E-state index in [9.17, 15) is 9.90 Å². The number of carbonyl (C=O) groups is 1. The number of ether oxygens (including phenoxy) is 1. The third-order valence-electron chi connectivity index (χ3n) is 3.34. The molecule has 0 bridgehead atoms. The van der Waals surface area contributed by atoms with Crippen LogP contribution >= 0.6 is 15.9 Å². The molecule has 3 nitrogen and oxygen atoms in total. The molecule has 2 unspecified atom stereocenters. The van der Waals surface area contributed by atoms with Crippen LogP contribution in [0.25, 0.3) is 0 Å². The minimum absolute atomic E-state index is 0.0866. The monoisotopic (exact) mass is 312 g/mol. The van der Waals surface area contributed by atoms with Gasteiger partial charge in [0.2, 0.25) is 0 Å². The number of hydrogen-bond acceptors (Lipinski definition) is 2. The van der Waals surface area contributed by atoms with Gasteiger partial charge in [-0.2, -0.15) is 0 Å². The predicted octanol–water partition coefficient (Wildman–Crippen LogP) is 3.58. The first kappa shape index (κ1) is 13.6. The minimum atomic E-state index is -0.772. The molecule has 0 saturated carbocycles. The molecule has 0 amide bonds. The van der Waals surface area contributed by atoms with Crippen molar-refractivity contribution in [3.05, 3.63) is 34.3 Å². The fourth-order valence-corrected chi connectivity index (χ4v) is 2.60. The molecule has 0 aliphatic carbocycles. The van der Waals surface area contributed by atoms with Crippen LogP contribution in [0, 0.1) is 0 Å². The third-order valence-corrected chi connectivity index (χ3v) is 3.87. The molecule has 0 radical (unpaired) electrons. The van der Waals surface area contributed by atoms with Gasteiger partial charge in [0.05, 0.1) is 12.0 Å². The molecule has 2 rings (SSSR count). The van der Waals surface area contributed by atoms with Crippen molar-refractivity contribution in [2.75, 3.05) is 6.61 Å². The molecule has 4 heteroatoms. The first-order valence-electron chi connectivity index (χ1n) is 6.26. The summed E-state index contributed by atoms with van der Waals surface area (Å²) in [6.45, 7) is 0.761. The quantitative estimate of drug-likeness (QED) is 0.924. The first-order valence-corrected chi connectivity index (χ1v) is 7.06. The van der Waals surface area contributed by atoms with Crippen LogP contribution in [0.2, 0.25) is 0 Å². The highest BCUT2D eigenvalue weighted by molar-refractivity contribution is 9.10. The molecular formula is C14H17BrO3. The zero-order valence-electron chi connectivity index (χ0n) is 10.1. The van der Waals surface area contributed by atoms with E-state index in [1.807, 2.05) is 24.3 Å². The molecule has 1 aromatic rings. The Labute approximate surface area is 115 Å². The topological polar surface area (TPSA) is 46.5 Å². The van der Waals surface area contributed by atoms with Gasteiger partial charge in [-0.05, 0) is 43.4 Å². The summed E-state index contributed by atoms with van der Waals surface area (Å²) >= 11 is 3.36. The number of benzene rings is 1. The highest BCUT2D eigenvalue weighted by atomic mass is 79.9. The van der Waals surface area contributed by atoms with E-state index in [0.717, 1.165) is 35.9 Å². The summed E-state index contributed by atoms with van der Waals surface area (Å²) in [6.07, 6.45) is 3.85. The Hall–Kier alpha value is -0.870. The van der Waals surface area contributed by atoms with Crippen molar-refractivity contribution in [3.63, 3.8) is 0 Å². The van der Waals surface area contributed by atoms with E-state index in [4.69, 9.17) is 4.74 Å². The van der Waals surface area contributed by atoms with Crippen molar-refractivity contribution < 1.29 is 14.6 Å². The zero-order valence-corrected chi connectivity index (χ0v) is 11.7. The Morgan fingerprint density at radius 3 is 2.67 bits per heavy atom. The Kier molecular flexibility index (Phi) is 4.78. The Morgan fingerprint density at radius 2 is 2.11 bits per heavy atom. The van der Waals surface area contributed by atoms with Gasteiger partial charge in [0.1, 0.15) is 0 Å². The highest BCUT2D eigenvalue weighted by Gasteiger charge is 2.25. The van der Waals surface area contributed by atoms with Crippen LogP contribution < -0.4 is 0 Å². The van der Waals surface area contributed by atoms with Crippen molar-refractivity contribution in [2.24, 2.45) is 0 Å². The van der Waals surface area contributed by atoms with Gasteiger partial charge in [-0.3, -0.25) is 4.79 Å². The van der Waals surface area contributed by atoms with Crippen molar-refractivity contribution in [2.45, 2.75) is 37.7 Å². The lowest BCUT2D eigenvalue weighted by Gasteiger charge is -2.25. The average Bonchev–Trinajstić information content (AvgIpc) is 2.38. The van der Waals surface area contributed by atoms with Crippen LogP contribution in [-0.4, -0.2) is 23.8 Å². The molecule has 1 fully saturated rings. The molecule has 98 valence electrons. The van der Waals surface area contributed by atoms with Gasteiger partial charge < -0.3 is 9.84 Å². The van der Waals surface area contributed by atoms with E-state index in [1.165, 1.54) is 0 Å². The summed E-state index contributed by atoms with van der Waals surface area (Å²) < 4.78 is 6.59. The minimum Gasteiger partial charge on any atom is -0.481 e. The Morgan fingerprint density at radius 1 is 1.39 bits per heavy atom. The maximum Gasteiger partial charge on any atom is 0.311 e. The number of halogens is 1. The molecular weight excluding hydrogens is 296 g/mol. The van der Waals surface area contributed by atoms with E-state index in [0.29, 0.717) is 6.42 Å². The highest BCUT2D eigenvalue weighted by Crippen LogP contribution is 2.27. The lowest BCUT2D eigenvalue weighted by Crippen LogP contribution is -2.24. The molecule has 1 heterocycles. The normalized spacial score (nSPS) is 21.5. The summed E-state index contributed by atoms with van der Waals surface area (Å²) in [4.78, 5) is 11.4. The summed E-state index contributed by atoms with van der Waals surface area (Å²) in [5.74, 6) is -1.24. The maximum absolute atomic E-state index is 11.4. The molecule has 1 N–H and O–H groups in total. The SMILES string of the molecule is O=C(O)C(CC1CCCCO1)c1ccc(Br)cc1. The lowest BCUT2D eigenvalue weighted by atomic mass is 9.91. The van der Waals surface area contributed by atoms with E-state index >= 15 is 0 Å². The second kappa shape index (κ2) is 6.34. The Balaban J connectivity index is 2.07. The van der Waals surface area contributed by atoms with Crippen LogP contribution in [0.4, 0.5) is 0 Å². The van der Waals surface area contributed by atoms with Crippen LogP contribution in [0.3, 0.4) is 0 Å². The van der Waals surface area contributed by atoms with Crippen molar-refractivity contribution in [1.29, 1.82) is 0 Å². The predicted molar refractivity (Wildman–Crippen MR) is 72.7 cm³/mol. The fraction of sp³-hybridized carbons (Fsp3) is 0.500. The Bertz CT molecular complexity index is 396. The maximum atomic E-state index is 11.4. The van der Waals surface area contributed by atoms with Gasteiger partial charge in [-0.1, -0.05) is 28.1 Å². The molecule has 1 saturated heterocycles. The van der Waals surface area contributed by atoms with Crippen molar-refractivity contribution in [1.82, 2.24) is 0 Å². The van der Waals surface area contributed by atoms with E-state index in [1.54, 1.807) is 0 Å². The number of hydrogen-bond donors (Lipinski definition) is 1. The molecule has 0 aromatic heterocycles. The molecule has 1 aromatic carbocycles. The number of rotatable bonds is 4. The van der Waals surface area contributed by atoms with Gasteiger partial charge in [0, 0.05) is 11.1 Å². The molecule has 0 spiro atoms. The number of carboxylic acid groups (broad SMARTS) is 1. The first-order chi connectivity index (χ1) is 8.66. The van der Waals surface area contributed by atoms with E-state index in [2.05, 4.69) is 15.9 Å². The molecule has 2 atom stereocenters. The molecule has 18 heavy (non-hydrogen) atoms. The van der Waals surface area contributed by atoms with Gasteiger partial charge in [-0.15, -0.1) is 0 Å². The van der Waals surface area contributed by atoms with E-state index < -0.39 is 11.9 Å². The van der Waals surface area contributed by atoms with Crippen LogP contribution in [0.5, 0.6) is 0 Å². The van der Waals surface area contributed by atoms with Gasteiger partial charge >= 0.3 is 5.97 Å². The van der Waals surface area contributed by atoms with E-state index in [-0.39, 0.29) is 6.10 Å². The smallest absolute Gasteiger partial charge is 0.311 e. The van der Waals surface area contributed by atoms with Gasteiger partial charge in [0.15, 0.2) is 0 Å². The second-order valence-corrected chi connectivity index (χ2v) is 5.58. The van der Waals surface area contributed by atoms with Crippen LogP contribution in [-0.2, 0) is 9.53 Å². The lowest BCUT2D eigenvalue weighted by molar-refractivity contribution is -0.140. The summed E-state index contributed by atoms with van der Waals surface area (Å²) in [7, 11) is 0. The second-order valence-electron chi connectivity index (χ2n) is 4.67. The van der Waals surface area contributed by atoms with Crippen LogP contribution in [0.1, 0.15) is 37.2 Å². The van der Waals surface area contributed by atoms with Crippen molar-refractivity contribution >= 4 is 21.9 Å². The largest absolute Gasteiger partial charge is 0.481 e. The summed E-state index contributed by atoms with van der Waals surface area (Å²) in [5.41, 5.74) is 0.847. The standard InChI is InChI=1S/C14H17BrO3/c15-11-6-4-10(5-7-11)13(14(16)17)9-12-3-1-2-8-18-12/h4-7,12-13H,1-3,8-9H2,(H,16,17). The molecule has 1 aliphatic rings. The number of carboxylic acids is 1. The fourth-order valence-electron chi connectivity index (χ4n) is 2.33. The zero-order chi connectivity index (χ0) is 13.0. The number of aliphatic carboxylic acids is 1. The average molecular weight is 313 g/mol.